The zero-order valence-corrected chi connectivity index (χ0v) is 14.2. The molecule has 2 N–H and O–H groups in total. The van der Waals surface area contributed by atoms with Crippen molar-refractivity contribution in [1.82, 2.24) is 5.32 Å². The zero-order chi connectivity index (χ0) is 17.5. The number of hydrogen-bond acceptors (Lipinski definition) is 4. The molecule has 0 fully saturated rings. The van der Waals surface area contributed by atoms with Gasteiger partial charge in [0.05, 0.1) is 6.61 Å². The van der Waals surface area contributed by atoms with Gasteiger partial charge in [0.2, 0.25) is 0 Å². The van der Waals surface area contributed by atoms with Gasteiger partial charge in [-0.2, -0.15) is 0 Å². The van der Waals surface area contributed by atoms with Crippen LogP contribution in [0.4, 0.5) is 9.18 Å². The van der Waals surface area contributed by atoms with Crippen LogP contribution in [0.25, 0.3) is 0 Å². The molecule has 1 atom stereocenters. The third-order valence-electron chi connectivity index (χ3n) is 2.99. The number of ether oxygens (including phenoxy) is 2. The van der Waals surface area contributed by atoms with Gasteiger partial charge in [-0.15, -0.1) is 0 Å². The molecule has 0 aliphatic rings. The van der Waals surface area contributed by atoms with E-state index in [1.54, 1.807) is 26.8 Å². The van der Waals surface area contributed by atoms with Gasteiger partial charge >= 0.3 is 6.09 Å². The van der Waals surface area contributed by atoms with Crippen LogP contribution >= 0.6 is 0 Å². The number of hydrogen-bond donors (Lipinski definition) is 2. The highest BCUT2D eigenvalue weighted by molar-refractivity contribution is 5.68. The van der Waals surface area contributed by atoms with E-state index >= 15 is 0 Å². The zero-order valence-electron chi connectivity index (χ0n) is 14.2. The minimum Gasteiger partial charge on any atom is -0.491 e. The second kappa shape index (κ2) is 8.72. The number of aliphatic hydroxyl groups is 1. The average molecular weight is 327 g/mol. The van der Waals surface area contributed by atoms with Gasteiger partial charge in [-0.3, -0.25) is 0 Å². The number of carbonyl (C=O) groups is 1. The maximum Gasteiger partial charge on any atom is 0.407 e. The molecule has 0 aromatic heterocycles. The molecule has 0 saturated heterocycles. The van der Waals surface area contributed by atoms with Crippen molar-refractivity contribution in [3.8, 4) is 5.75 Å². The molecule has 0 bridgehead atoms. The third kappa shape index (κ3) is 7.83. The summed E-state index contributed by atoms with van der Waals surface area (Å²) in [6.45, 7) is 7.28. The van der Waals surface area contributed by atoms with Crippen molar-refractivity contribution in [1.29, 1.82) is 0 Å². The Morgan fingerprint density at radius 1 is 1.39 bits per heavy atom. The first kappa shape index (κ1) is 19.2. The first-order chi connectivity index (χ1) is 10.7. The highest BCUT2D eigenvalue weighted by Gasteiger charge is 2.18. The van der Waals surface area contributed by atoms with E-state index in [0.717, 1.165) is 5.56 Å². The number of benzene rings is 1. The van der Waals surface area contributed by atoms with E-state index < -0.39 is 11.7 Å². The number of aryl methyl sites for hydroxylation is 1. The fraction of sp³-hybridized carbons (Fsp3) is 0.588. The second-order valence-electron chi connectivity index (χ2n) is 6.41. The summed E-state index contributed by atoms with van der Waals surface area (Å²) in [7, 11) is 0. The Bertz CT molecular complexity index is 514. The van der Waals surface area contributed by atoms with Crippen molar-refractivity contribution in [3.05, 3.63) is 29.6 Å². The summed E-state index contributed by atoms with van der Waals surface area (Å²) >= 11 is 0. The molecule has 5 nitrogen and oxygen atoms in total. The van der Waals surface area contributed by atoms with Crippen LogP contribution in [0.15, 0.2) is 18.2 Å². The van der Waals surface area contributed by atoms with E-state index in [9.17, 15) is 9.18 Å². The molecule has 0 spiro atoms. The van der Waals surface area contributed by atoms with Crippen LogP contribution in [0.3, 0.4) is 0 Å². The van der Waals surface area contributed by atoms with Gasteiger partial charge in [0, 0.05) is 12.1 Å². The van der Waals surface area contributed by atoms with Gasteiger partial charge in [-0.25, -0.2) is 9.18 Å². The molecule has 6 heteroatoms. The van der Waals surface area contributed by atoms with E-state index in [1.165, 1.54) is 12.1 Å². The minimum atomic E-state index is -0.536. The molecular formula is C17H26FNO4. The molecule has 130 valence electrons. The summed E-state index contributed by atoms with van der Waals surface area (Å²) in [6.07, 6.45) is 0.805. The summed E-state index contributed by atoms with van der Waals surface area (Å²) in [5.41, 5.74) is 0.296. The quantitative estimate of drug-likeness (QED) is 0.808. The maximum atomic E-state index is 13.3. The topological polar surface area (TPSA) is 67.8 Å². The number of alkyl carbamates (subject to hydrolysis) is 1. The van der Waals surface area contributed by atoms with E-state index in [1.807, 2.05) is 6.92 Å². The Morgan fingerprint density at radius 3 is 2.70 bits per heavy atom. The fourth-order valence-electron chi connectivity index (χ4n) is 1.98. The summed E-state index contributed by atoms with van der Waals surface area (Å²) in [4.78, 5) is 11.7. The van der Waals surface area contributed by atoms with Gasteiger partial charge in [-0.1, -0.05) is 6.07 Å². The molecular weight excluding hydrogens is 301 g/mol. The van der Waals surface area contributed by atoms with Gasteiger partial charge < -0.3 is 19.9 Å². The smallest absolute Gasteiger partial charge is 0.407 e. The van der Waals surface area contributed by atoms with Crippen molar-refractivity contribution in [2.24, 2.45) is 0 Å². The number of aliphatic hydroxyl groups excluding tert-OH is 1. The van der Waals surface area contributed by atoms with Crippen LogP contribution in [-0.2, 0) is 11.2 Å². The molecule has 0 aliphatic heterocycles. The molecule has 0 heterocycles. The Labute approximate surface area is 136 Å². The molecule has 1 rings (SSSR count). The highest BCUT2D eigenvalue weighted by Crippen LogP contribution is 2.22. The average Bonchev–Trinajstić information content (AvgIpc) is 2.41. The van der Waals surface area contributed by atoms with Crippen molar-refractivity contribution in [2.45, 2.75) is 52.2 Å². The first-order valence-electron chi connectivity index (χ1n) is 7.73. The predicted octanol–water partition coefficient (Wildman–Crippen LogP) is 3.04. The third-order valence-corrected chi connectivity index (χ3v) is 2.99. The van der Waals surface area contributed by atoms with E-state index in [4.69, 9.17) is 14.6 Å². The molecule has 1 aromatic carbocycles. The lowest BCUT2D eigenvalue weighted by atomic mass is 10.1. The molecule has 0 radical (unpaired) electrons. The standard InChI is InChI=1S/C17H26FNO4/c1-12(19-16(21)23-17(2,3)4)5-6-13-7-8-14(18)11-15(13)22-10-9-20/h7-8,11-12,20H,5-6,9-10H2,1-4H3,(H,19,21)/t12-/m1/s1. The van der Waals surface area contributed by atoms with E-state index in [0.29, 0.717) is 18.6 Å². The number of halogens is 1. The van der Waals surface area contributed by atoms with Crippen LogP contribution < -0.4 is 10.1 Å². The van der Waals surface area contributed by atoms with Gasteiger partial charge in [0.25, 0.3) is 0 Å². The van der Waals surface area contributed by atoms with Crippen molar-refractivity contribution < 1.29 is 23.8 Å². The summed E-state index contributed by atoms with van der Waals surface area (Å²) in [6, 6.07) is 4.23. The number of amides is 1. The monoisotopic (exact) mass is 327 g/mol. The Kier molecular flexibility index (Phi) is 7.29. The van der Waals surface area contributed by atoms with Crippen molar-refractivity contribution >= 4 is 6.09 Å². The van der Waals surface area contributed by atoms with Crippen LogP contribution in [0.1, 0.15) is 39.7 Å². The second-order valence-corrected chi connectivity index (χ2v) is 6.41. The maximum absolute atomic E-state index is 13.3. The normalized spacial score (nSPS) is 12.6. The molecule has 1 amide bonds. The Morgan fingerprint density at radius 2 is 2.09 bits per heavy atom. The molecule has 0 unspecified atom stereocenters. The SMILES string of the molecule is C[C@H](CCc1ccc(F)cc1OCCO)NC(=O)OC(C)(C)C. The predicted molar refractivity (Wildman–Crippen MR) is 86.1 cm³/mol. The van der Waals surface area contributed by atoms with Crippen LogP contribution in [0.2, 0.25) is 0 Å². The summed E-state index contributed by atoms with van der Waals surface area (Å²) in [5.74, 6) is 0.0325. The van der Waals surface area contributed by atoms with Crippen LogP contribution in [0.5, 0.6) is 5.75 Å². The van der Waals surface area contributed by atoms with Gasteiger partial charge in [0.15, 0.2) is 0 Å². The molecule has 0 aliphatic carbocycles. The van der Waals surface area contributed by atoms with E-state index in [2.05, 4.69) is 5.32 Å². The van der Waals surface area contributed by atoms with Crippen LogP contribution in [-0.4, -0.2) is 36.1 Å². The lowest BCUT2D eigenvalue weighted by Crippen LogP contribution is -2.37. The Hall–Kier alpha value is -1.82. The summed E-state index contributed by atoms with van der Waals surface area (Å²) < 4.78 is 23.8. The van der Waals surface area contributed by atoms with Gasteiger partial charge in [0.1, 0.15) is 23.8 Å². The summed E-state index contributed by atoms with van der Waals surface area (Å²) in [5, 5.41) is 11.6. The van der Waals surface area contributed by atoms with Crippen LogP contribution in [0, 0.1) is 5.82 Å². The Balaban J connectivity index is 2.55. The largest absolute Gasteiger partial charge is 0.491 e. The molecule has 23 heavy (non-hydrogen) atoms. The minimum absolute atomic E-state index is 0.0967. The van der Waals surface area contributed by atoms with Gasteiger partial charge in [-0.05, 0) is 52.2 Å². The fourth-order valence-corrected chi connectivity index (χ4v) is 1.98. The molecule has 1 aromatic rings. The lowest BCUT2D eigenvalue weighted by Gasteiger charge is -2.22. The van der Waals surface area contributed by atoms with Crippen molar-refractivity contribution in [3.63, 3.8) is 0 Å². The van der Waals surface area contributed by atoms with E-state index in [-0.39, 0.29) is 25.1 Å². The molecule has 0 saturated carbocycles. The first-order valence-corrected chi connectivity index (χ1v) is 7.73. The van der Waals surface area contributed by atoms with Crippen molar-refractivity contribution in [2.75, 3.05) is 13.2 Å². The highest BCUT2D eigenvalue weighted by atomic mass is 19.1. The lowest BCUT2D eigenvalue weighted by molar-refractivity contribution is 0.0506. The number of rotatable bonds is 7. The number of nitrogens with one attached hydrogen (secondary N) is 1. The number of carbonyl (C=O) groups excluding carboxylic acids is 1.